The van der Waals surface area contributed by atoms with Gasteiger partial charge in [-0.05, 0) is 23.8 Å². The summed E-state index contributed by atoms with van der Waals surface area (Å²) >= 11 is 0. The molecule has 0 spiro atoms. The van der Waals surface area contributed by atoms with E-state index < -0.39 is 0 Å². The van der Waals surface area contributed by atoms with E-state index in [0.717, 1.165) is 17.0 Å². The van der Waals surface area contributed by atoms with Crippen LogP contribution in [0.3, 0.4) is 0 Å². The SMILES string of the molecule is CC(C)c1nc(-c2ccccc2NC(=O)/C=C/c2ccccc2)n[nH]1. The summed E-state index contributed by atoms with van der Waals surface area (Å²) < 4.78 is 0. The molecule has 0 fully saturated rings. The van der Waals surface area contributed by atoms with Crippen LogP contribution in [0.1, 0.15) is 31.2 Å². The topological polar surface area (TPSA) is 70.7 Å². The maximum atomic E-state index is 12.2. The Bertz CT molecular complexity index is 881. The lowest BCUT2D eigenvalue weighted by Gasteiger charge is -2.07. The fourth-order valence-corrected chi connectivity index (χ4v) is 2.35. The van der Waals surface area contributed by atoms with E-state index in [-0.39, 0.29) is 11.8 Å². The molecule has 0 radical (unpaired) electrons. The number of hydrogen-bond donors (Lipinski definition) is 2. The summed E-state index contributed by atoms with van der Waals surface area (Å²) in [7, 11) is 0. The largest absolute Gasteiger partial charge is 0.322 e. The average molecular weight is 332 g/mol. The summed E-state index contributed by atoms with van der Waals surface area (Å²) in [6, 6.07) is 17.2. The van der Waals surface area contributed by atoms with Gasteiger partial charge in [-0.3, -0.25) is 9.89 Å². The van der Waals surface area contributed by atoms with E-state index in [0.29, 0.717) is 11.5 Å². The molecule has 3 rings (SSSR count). The first kappa shape index (κ1) is 16.6. The zero-order valence-corrected chi connectivity index (χ0v) is 14.2. The van der Waals surface area contributed by atoms with E-state index in [1.807, 2.05) is 68.4 Å². The second-order valence-corrected chi connectivity index (χ2v) is 5.98. The molecule has 1 aromatic heterocycles. The van der Waals surface area contributed by atoms with Crippen LogP contribution >= 0.6 is 0 Å². The number of benzene rings is 2. The number of nitrogens with one attached hydrogen (secondary N) is 2. The van der Waals surface area contributed by atoms with E-state index >= 15 is 0 Å². The highest BCUT2D eigenvalue weighted by molar-refractivity contribution is 6.03. The fraction of sp³-hybridized carbons (Fsp3) is 0.150. The van der Waals surface area contributed by atoms with Crippen LogP contribution < -0.4 is 5.32 Å². The molecule has 0 aliphatic heterocycles. The lowest BCUT2D eigenvalue weighted by molar-refractivity contribution is -0.111. The number of H-pyrrole nitrogens is 1. The van der Waals surface area contributed by atoms with E-state index in [1.165, 1.54) is 6.08 Å². The van der Waals surface area contributed by atoms with E-state index in [4.69, 9.17) is 0 Å². The molecule has 25 heavy (non-hydrogen) atoms. The van der Waals surface area contributed by atoms with Gasteiger partial charge in [-0.2, -0.15) is 5.10 Å². The molecule has 2 aromatic carbocycles. The van der Waals surface area contributed by atoms with Crippen molar-refractivity contribution >= 4 is 17.7 Å². The van der Waals surface area contributed by atoms with Crippen molar-refractivity contribution in [2.75, 3.05) is 5.32 Å². The van der Waals surface area contributed by atoms with Crippen LogP contribution in [0.15, 0.2) is 60.7 Å². The summed E-state index contributed by atoms with van der Waals surface area (Å²) in [5.41, 5.74) is 2.44. The first-order valence-corrected chi connectivity index (χ1v) is 8.19. The number of carbonyl (C=O) groups is 1. The predicted octanol–water partition coefficient (Wildman–Crippen LogP) is 4.25. The molecule has 1 amide bonds. The predicted molar refractivity (Wildman–Crippen MR) is 100 cm³/mol. The molecule has 0 unspecified atom stereocenters. The van der Waals surface area contributed by atoms with Gasteiger partial charge in [0, 0.05) is 17.6 Å². The van der Waals surface area contributed by atoms with Gasteiger partial charge in [-0.15, -0.1) is 0 Å². The molecule has 5 heteroatoms. The maximum absolute atomic E-state index is 12.2. The first-order valence-electron chi connectivity index (χ1n) is 8.19. The zero-order valence-electron chi connectivity index (χ0n) is 14.2. The van der Waals surface area contributed by atoms with Crippen LogP contribution in [0.4, 0.5) is 5.69 Å². The van der Waals surface area contributed by atoms with Gasteiger partial charge < -0.3 is 5.32 Å². The van der Waals surface area contributed by atoms with Gasteiger partial charge in [0.25, 0.3) is 0 Å². The Morgan fingerprint density at radius 1 is 1.08 bits per heavy atom. The Balaban J connectivity index is 1.78. The Morgan fingerprint density at radius 3 is 2.52 bits per heavy atom. The molecular formula is C20H20N4O. The molecule has 3 aromatic rings. The molecule has 0 bridgehead atoms. The van der Waals surface area contributed by atoms with Crippen LogP contribution in [0.25, 0.3) is 17.5 Å². The Labute approximate surface area is 146 Å². The lowest BCUT2D eigenvalue weighted by Crippen LogP contribution is -2.09. The molecule has 0 saturated carbocycles. The number of hydrogen-bond acceptors (Lipinski definition) is 3. The monoisotopic (exact) mass is 332 g/mol. The van der Waals surface area contributed by atoms with E-state index in [9.17, 15) is 4.79 Å². The number of amides is 1. The van der Waals surface area contributed by atoms with Crippen molar-refractivity contribution in [3.8, 4) is 11.4 Å². The number of anilines is 1. The molecular weight excluding hydrogens is 312 g/mol. The highest BCUT2D eigenvalue weighted by Crippen LogP contribution is 2.25. The van der Waals surface area contributed by atoms with Crippen molar-refractivity contribution < 1.29 is 4.79 Å². The van der Waals surface area contributed by atoms with Gasteiger partial charge >= 0.3 is 0 Å². The van der Waals surface area contributed by atoms with Crippen LogP contribution in [-0.2, 0) is 4.79 Å². The minimum Gasteiger partial charge on any atom is -0.322 e. The van der Waals surface area contributed by atoms with E-state index in [1.54, 1.807) is 6.08 Å². The molecule has 2 N–H and O–H groups in total. The van der Waals surface area contributed by atoms with Crippen molar-refractivity contribution in [1.82, 2.24) is 15.2 Å². The molecule has 0 aliphatic rings. The number of nitrogens with zero attached hydrogens (tertiary/aromatic N) is 2. The summed E-state index contributed by atoms with van der Waals surface area (Å²) in [6.45, 7) is 4.10. The molecule has 5 nitrogen and oxygen atoms in total. The lowest BCUT2D eigenvalue weighted by atomic mass is 10.1. The smallest absolute Gasteiger partial charge is 0.248 e. The number of aromatic nitrogens is 3. The Kier molecular flexibility index (Phi) is 5.04. The molecule has 0 saturated heterocycles. The number of para-hydroxylation sites is 1. The Hall–Kier alpha value is -3.21. The van der Waals surface area contributed by atoms with Crippen molar-refractivity contribution in [2.45, 2.75) is 19.8 Å². The third-order valence-electron chi connectivity index (χ3n) is 3.70. The zero-order chi connectivity index (χ0) is 17.6. The van der Waals surface area contributed by atoms with E-state index in [2.05, 4.69) is 20.5 Å². The quantitative estimate of drug-likeness (QED) is 0.686. The number of aromatic amines is 1. The fourth-order valence-electron chi connectivity index (χ4n) is 2.35. The van der Waals surface area contributed by atoms with Crippen molar-refractivity contribution in [1.29, 1.82) is 0 Å². The Morgan fingerprint density at radius 2 is 1.80 bits per heavy atom. The number of carbonyl (C=O) groups excluding carboxylic acids is 1. The molecule has 1 heterocycles. The van der Waals surface area contributed by atoms with Crippen molar-refractivity contribution in [3.63, 3.8) is 0 Å². The standard InChI is InChI=1S/C20H20N4O/c1-14(2)19-22-20(24-23-19)16-10-6-7-11-17(16)21-18(25)13-12-15-8-4-3-5-9-15/h3-14H,1-2H3,(H,21,25)(H,22,23,24)/b13-12+. The van der Waals surface area contributed by atoms with Gasteiger partial charge in [0.1, 0.15) is 5.82 Å². The minimum absolute atomic E-state index is 0.198. The van der Waals surface area contributed by atoms with Crippen LogP contribution in [0.5, 0.6) is 0 Å². The summed E-state index contributed by atoms with van der Waals surface area (Å²) in [4.78, 5) is 16.7. The van der Waals surface area contributed by atoms with Crippen molar-refractivity contribution in [3.05, 3.63) is 72.1 Å². The van der Waals surface area contributed by atoms with Gasteiger partial charge in [-0.25, -0.2) is 4.98 Å². The van der Waals surface area contributed by atoms with Gasteiger partial charge in [0.05, 0.1) is 5.69 Å². The second-order valence-electron chi connectivity index (χ2n) is 5.98. The molecule has 0 atom stereocenters. The third-order valence-corrected chi connectivity index (χ3v) is 3.70. The molecule has 0 aliphatic carbocycles. The minimum atomic E-state index is -0.198. The highest BCUT2D eigenvalue weighted by atomic mass is 16.1. The van der Waals surface area contributed by atoms with Gasteiger partial charge in [0.2, 0.25) is 5.91 Å². The summed E-state index contributed by atoms with van der Waals surface area (Å²) in [5.74, 6) is 1.46. The van der Waals surface area contributed by atoms with Gasteiger partial charge in [-0.1, -0.05) is 56.3 Å². The van der Waals surface area contributed by atoms with Crippen molar-refractivity contribution in [2.24, 2.45) is 0 Å². The summed E-state index contributed by atoms with van der Waals surface area (Å²) in [5, 5.41) is 10.1. The summed E-state index contributed by atoms with van der Waals surface area (Å²) in [6.07, 6.45) is 3.30. The average Bonchev–Trinajstić information content (AvgIpc) is 3.12. The van der Waals surface area contributed by atoms with Crippen LogP contribution in [-0.4, -0.2) is 21.1 Å². The highest BCUT2D eigenvalue weighted by Gasteiger charge is 2.12. The normalized spacial score (nSPS) is 11.2. The van der Waals surface area contributed by atoms with Crippen LogP contribution in [0.2, 0.25) is 0 Å². The second kappa shape index (κ2) is 7.57. The first-order chi connectivity index (χ1) is 12.1. The maximum Gasteiger partial charge on any atom is 0.248 e. The third kappa shape index (κ3) is 4.20. The number of rotatable bonds is 5. The molecule has 126 valence electrons. The van der Waals surface area contributed by atoms with Gasteiger partial charge in [0.15, 0.2) is 5.82 Å². The van der Waals surface area contributed by atoms with Crippen LogP contribution in [0, 0.1) is 0 Å².